The zero-order valence-corrected chi connectivity index (χ0v) is 11.5. The summed E-state index contributed by atoms with van der Waals surface area (Å²) in [4.78, 5) is 26.2. The molecule has 1 aliphatic heterocycles. The predicted octanol–water partition coefficient (Wildman–Crippen LogP) is -0.442. The zero-order valence-electron chi connectivity index (χ0n) is 11.5. The van der Waals surface area contributed by atoms with Crippen molar-refractivity contribution in [3.63, 3.8) is 0 Å². The summed E-state index contributed by atoms with van der Waals surface area (Å²) in [7, 11) is 3.81. The summed E-state index contributed by atoms with van der Waals surface area (Å²) < 4.78 is 0. The normalized spacial score (nSPS) is 18.9. The third kappa shape index (κ3) is 5.04. The van der Waals surface area contributed by atoms with Crippen LogP contribution in [-0.4, -0.2) is 77.9 Å². The SMILES string of the molecule is CN1CCC(N(C)C(=O)NCC[C@H](O)C(=O)O)CC1. The number of carboxylic acids is 1. The first-order chi connectivity index (χ1) is 8.91. The van der Waals surface area contributed by atoms with Crippen molar-refractivity contribution in [2.75, 3.05) is 33.7 Å². The molecule has 0 unspecified atom stereocenters. The molecule has 0 radical (unpaired) electrons. The lowest BCUT2D eigenvalue weighted by atomic mass is 10.0. The van der Waals surface area contributed by atoms with Gasteiger partial charge < -0.3 is 25.3 Å². The van der Waals surface area contributed by atoms with Gasteiger partial charge in [-0.15, -0.1) is 0 Å². The Kier molecular flexibility index (Phi) is 6.04. The quantitative estimate of drug-likeness (QED) is 0.631. The molecule has 110 valence electrons. The highest BCUT2D eigenvalue weighted by Gasteiger charge is 2.24. The molecule has 0 aromatic rings. The number of aliphatic hydroxyl groups excluding tert-OH is 1. The van der Waals surface area contributed by atoms with Gasteiger partial charge in [-0.3, -0.25) is 0 Å². The molecule has 0 saturated carbocycles. The summed E-state index contributed by atoms with van der Waals surface area (Å²) in [6, 6.07) is 0.00717. The zero-order chi connectivity index (χ0) is 14.4. The van der Waals surface area contributed by atoms with Crippen LogP contribution in [0, 0.1) is 0 Å². The third-order valence-electron chi connectivity index (χ3n) is 3.54. The Morgan fingerprint density at radius 3 is 2.53 bits per heavy atom. The van der Waals surface area contributed by atoms with E-state index in [-0.39, 0.29) is 25.0 Å². The van der Waals surface area contributed by atoms with Crippen LogP contribution < -0.4 is 5.32 Å². The molecule has 19 heavy (non-hydrogen) atoms. The number of carbonyl (C=O) groups is 2. The Morgan fingerprint density at radius 1 is 1.42 bits per heavy atom. The third-order valence-corrected chi connectivity index (χ3v) is 3.54. The molecule has 1 rings (SSSR count). The Bertz CT molecular complexity index is 316. The molecule has 1 aliphatic rings. The number of nitrogens with zero attached hydrogens (tertiary/aromatic N) is 2. The molecular formula is C12H23N3O4. The molecule has 0 spiro atoms. The van der Waals surface area contributed by atoms with Crippen LogP contribution in [0.25, 0.3) is 0 Å². The summed E-state index contributed by atoms with van der Waals surface area (Å²) in [6.45, 7) is 2.10. The lowest BCUT2D eigenvalue weighted by Gasteiger charge is -2.35. The minimum absolute atomic E-state index is 0.0162. The molecule has 1 saturated heterocycles. The van der Waals surface area contributed by atoms with Crippen molar-refractivity contribution in [1.82, 2.24) is 15.1 Å². The van der Waals surface area contributed by atoms with E-state index in [2.05, 4.69) is 17.3 Å². The van der Waals surface area contributed by atoms with Crippen molar-refractivity contribution in [3.05, 3.63) is 0 Å². The van der Waals surface area contributed by atoms with Crippen LogP contribution >= 0.6 is 0 Å². The van der Waals surface area contributed by atoms with Gasteiger partial charge in [0.25, 0.3) is 0 Å². The summed E-state index contributed by atoms with van der Waals surface area (Å²) in [5.41, 5.74) is 0. The number of rotatable bonds is 5. The fourth-order valence-electron chi connectivity index (χ4n) is 2.11. The first-order valence-electron chi connectivity index (χ1n) is 6.52. The number of carboxylic acid groups (broad SMARTS) is 1. The number of likely N-dealkylation sites (tertiary alicyclic amines) is 1. The van der Waals surface area contributed by atoms with Gasteiger partial charge in [-0.2, -0.15) is 0 Å². The summed E-state index contributed by atoms with van der Waals surface area (Å²) in [6.07, 6.45) is 0.479. The molecule has 1 heterocycles. The highest BCUT2D eigenvalue weighted by Crippen LogP contribution is 2.13. The second-order valence-corrected chi connectivity index (χ2v) is 5.02. The predicted molar refractivity (Wildman–Crippen MR) is 69.9 cm³/mol. The highest BCUT2D eigenvalue weighted by molar-refractivity contribution is 5.74. The number of urea groups is 1. The van der Waals surface area contributed by atoms with Crippen molar-refractivity contribution in [2.45, 2.75) is 31.4 Å². The Morgan fingerprint density at radius 2 is 2.00 bits per heavy atom. The molecule has 7 heteroatoms. The summed E-state index contributed by atoms with van der Waals surface area (Å²) in [5.74, 6) is -1.27. The van der Waals surface area contributed by atoms with E-state index >= 15 is 0 Å². The standard InChI is InChI=1S/C12H23N3O4/c1-14-7-4-9(5-8-14)15(2)12(19)13-6-3-10(16)11(17)18/h9-10,16H,3-8H2,1-2H3,(H,13,19)(H,17,18)/t10-/m0/s1. The van der Waals surface area contributed by atoms with Gasteiger partial charge in [-0.1, -0.05) is 0 Å². The lowest BCUT2D eigenvalue weighted by Crippen LogP contribution is -2.48. The van der Waals surface area contributed by atoms with Gasteiger partial charge in [-0.25, -0.2) is 9.59 Å². The Labute approximate surface area is 113 Å². The van der Waals surface area contributed by atoms with E-state index in [4.69, 9.17) is 10.2 Å². The first-order valence-corrected chi connectivity index (χ1v) is 6.52. The highest BCUT2D eigenvalue weighted by atomic mass is 16.4. The maximum Gasteiger partial charge on any atom is 0.332 e. The maximum absolute atomic E-state index is 11.8. The van der Waals surface area contributed by atoms with Crippen molar-refractivity contribution in [3.8, 4) is 0 Å². The van der Waals surface area contributed by atoms with Gasteiger partial charge in [0.15, 0.2) is 6.10 Å². The van der Waals surface area contributed by atoms with Crippen LogP contribution in [0.2, 0.25) is 0 Å². The van der Waals surface area contributed by atoms with E-state index in [1.807, 2.05) is 0 Å². The van der Waals surface area contributed by atoms with Crippen LogP contribution in [0.4, 0.5) is 4.79 Å². The van der Waals surface area contributed by atoms with Crippen LogP contribution in [0.1, 0.15) is 19.3 Å². The molecule has 1 fully saturated rings. The second kappa shape index (κ2) is 7.30. The van der Waals surface area contributed by atoms with Gasteiger partial charge in [0.1, 0.15) is 0 Å². The molecule has 0 aromatic carbocycles. The summed E-state index contributed by atoms with van der Waals surface area (Å²) >= 11 is 0. The largest absolute Gasteiger partial charge is 0.479 e. The molecule has 3 N–H and O–H groups in total. The molecule has 1 atom stereocenters. The summed E-state index contributed by atoms with van der Waals surface area (Å²) in [5, 5.41) is 20.2. The van der Waals surface area contributed by atoms with Crippen LogP contribution in [0.3, 0.4) is 0 Å². The van der Waals surface area contributed by atoms with E-state index < -0.39 is 12.1 Å². The number of nitrogens with one attached hydrogen (secondary N) is 1. The average Bonchev–Trinajstić information content (AvgIpc) is 2.38. The van der Waals surface area contributed by atoms with Crippen LogP contribution in [0.15, 0.2) is 0 Å². The smallest absolute Gasteiger partial charge is 0.332 e. The molecular weight excluding hydrogens is 250 g/mol. The molecule has 0 aromatic heterocycles. The van der Waals surface area contributed by atoms with Crippen molar-refractivity contribution < 1.29 is 19.8 Å². The number of hydrogen-bond acceptors (Lipinski definition) is 4. The minimum Gasteiger partial charge on any atom is -0.479 e. The Balaban J connectivity index is 2.27. The topological polar surface area (TPSA) is 93.1 Å². The minimum atomic E-state index is -1.42. The van der Waals surface area contributed by atoms with E-state index in [9.17, 15) is 9.59 Å². The number of piperidine rings is 1. The van der Waals surface area contributed by atoms with Crippen molar-refractivity contribution in [1.29, 1.82) is 0 Å². The van der Waals surface area contributed by atoms with Crippen molar-refractivity contribution >= 4 is 12.0 Å². The monoisotopic (exact) mass is 273 g/mol. The van der Waals surface area contributed by atoms with Crippen LogP contribution in [-0.2, 0) is 4.79 Å². The van der Waals surface area contributed by atoms with E-state index in [1.165, 1.54) is 0 Å². The van der Waals surface area contributed by atoms with E-state index in [1.54, 1.807) is 11.9 Å². The van der Waals surface area contributed by atoms with Gasteiger partial charge in [0, 0.05) is 26.1 Å². The lowest BCUT2D eigenvalue weighted by molar-refractivity contribution is -0.146. The maximum atomic E-state index is 11.8. The fraction of sp³-hybridized carbons (Fsp3) is 0.833. The van der Waals surface area contributed by atoms with E-state index in [0.717, 1.165) is 25.9 Å². The number of aliphatic carboxylic acids is 1. The van der Waals surface area contributed by atoms with Gasteiger partial charge in [0.2, 0.25) is 0 Å². The number of carbonyl (C=O) groups excluding carboxylic acids is 1. The van der Waals surface area contributed by atoms with Crippen molar-refractivity contribution in [2.24, 2.45) is 0 Å². The van der Waals surface area contributed by atoms with Gasteiger partial charge in [-0.05, 0) is 33.0 Å². The number of amides is 2. The molecule has 2 amide bonds. The average molecular weight is 273 g/mol. The number of aliphatic hydroxyl groups is 1. The first kappa shape index (κ1) is 15.7. The molecule has 0 aliphatic carbocycles. The Hall–Kier alpha value is -1.34. The van der Waals surface area contributed by atoms with E-state index in [0.29, 0.717) is 0 Å². The van der Waals surface area contributed by atoms with Crippen LogP contribution in [0.5, 0.6) is 0 Å². The van der Waals surface area contributed by atoms with Gasteiger partial charge >= 0.3 is 12.0 Å². The second-order valence-electron chi connectivity index (χ2n) is 5.02. The molecule has 0 bridgehead atoms. The van der Waals surface area contributed by atoms with Gasteiger partial charge in [0.05, 0.1) is 0 Å². The fourth-order valence-corrected chi connectivity index (χ4v) is 2.11. The number of hydrogen-bond donors (Lipinski definition) is 3. The molecule has 7 nitrogen and oxygen atoms in total.